The average Bonchev–Trinajstić information content (AvgIpc) is 2.68. The fourth-order valence-corrected chi connectivity index (χ4v) is 2.73. The minimum atomic E-state index is -1.61. The molecule has 0 aliphatic carbocycles. The second-order valence-electron chi connectivity index (χ2n) is 7.89. The lowest BCUT2D eigenvalue weighted by Gasteiger charge is -2.25. The summed E-state index contributed by atoms with van der Waals surface area (Å²) in [7, 11) is 0. The van der Waals surface area contributed by atoms with Crippen molar-refractivity contribution in [1.29, 1.82) is 0 Å². The van der Waals surface area contributed by atoms with Crippen LogP contribution in [0.25, 0.3) is 0 Å². The summed E-state index contributed by atoms with van der Waals surface area (Å²) in [6.07, 6.45) is 0.626. The molecule has 5 unspecified atom stereocenters. The third-order valence-electron chi connectivity index (χ3n) is 4.51. The molecule has 0 spiro atoms. The van der Waals surface area contributed by atoms with Crippen LogP contribution in [-0.4, -0.2) is 82.4 Å². The van der Waals surface area contributed by atoms with E-state index in [1.165, 1.54) is 6.92 Å². The number of unbranched alkanes of at least 4 members (excludes halogenated alkanes) is 1. The Bertz CT molecular complexity index is 600. The average molecular weight is 448 g/mol. The number of aliphatic hydroxyl groups excluding tert-OH is 2. The first-order valence-electron chi connectivity index (χ1n) is 10.3. The summed E-state index contributed by atoms with van der Waals surface area (Å²) in [6.45, 7) is 4.52. The van der Waals surface area contributed by atoms with Crippen LogP contribution < -0.4 is 27.4 Å². The fraction of sp³-hybridized carbons (Fsp3) is 0.789. The number of carboxylic acid groups (broad SMARTS) is 1. The van der Waals surface area contributed by atoms with E-state index in [1.54, 1.807) is 0 Å². The minimum Gasteiger partial charge on any atom is -0.480 e. The molecule has 0 aromatic rings. The second-order valence-corrected chi connectivity index (χ2v) is 7.89. The lowest BCUT2D eigenvalue weighted by molar-refractivity contribution is -0.145. The second kappa shape index (κ2) is 14.7. The van der Waals surface area contributed by atoms with E-state index in [0.29, 0.717) is 25.8 Å². The smallest absolute Gasteiger partial charge is 0.328 e. The normalized spacial score (nSPS) is 16.0. The van der Waals surface area contributed by atoms with Gasteiger partial charge < -0.3 is 42.7 Å². The molecule has 0 rings (SSSR count). The van der Waals surface area contributed by atoms with E-state index in [-0.39, 0.29) is 12.3 Å². The Morgan fingerprint density at radius 1 is 0.903 bits per heavy atom. The van der Waals surface area contributed by atoms with E-state index < -0.39 is 60.6 Å². The summed E-state index contributed by atoms with van der Waals surface area (Å²) >= 11 is 0. The lowest BCUT2D eigenvalue weighted by atomic mass is 10.0. The molecule has 31 heavy (non-hydrogen) atoms. The zero-order valence-electron chi connectivity index (χ0n) is 18.3. The number of hydrogen-bond donors (Lipinski definition) is 8. The van der Waals surface area contributed by atoms with Crippen LogP contribution >= 0.6 is 0 Å². The predicted molar refractivity (Wildman–Crippen MR) is 113 cm³/mol. The summed E-state index contributed by atoms with van der Waals surface area (Å²) < 4.78 is 0. The van der Waals surface area contributed by atoms with Gasteiger partial charge in [-0.05, 0) is 38.6 Å². The van der Waals surface area contributed by atoms with Crippen LogP contribution in [0.1, 0.15) is 46.5 Å². The Kier molecular flexibility index (Phi) is 13.6. The number of carboxylic acids is 1. The molecule has 180 valence electrons. The van der Waals surface area contributed by atoms with Crippen molar-refractivity contribution in [3.05, 3.63) is 0 Å². The zero-order chi connectivity index (χ0) is 24.1. The summed E-state index contributed by atoms with van der Waals surface area (Å²) in [4.78, 5) is 48.4. The molecule has 0 saturated carbocycles. The topological polar surface area (TPSA) is 217 Å². The van der Waals surface area contributed by atoms with E-state index in [9.17, 15) is 29.4 Å². The van der Waals surface area contributed by atoms with Crippen molar-refractivity contribution in [3.63, 3.8) is 0 Å². The van der Waals surface area contributed by atoms with Gasteiger partial charge in [0.15, 0.2) is 6.04 Å². The molecule has 0 aliphatic rings. The summed E-state index contributed by atoms with van der Waals surface area (Å²) in [6, 6.07) is -4.93. The molecule has 0 radical (unpaired) electrons. The van der Waals surface area contributed by atoms with Crippen LogP contribution in [0.4, 0.5) is 0 Å². The summed E-state index contributed by atoms with van der Waals surface area (Å²) in [5.74, 6) is -3.70. The maximum atomic E-state index is 12.7. The number of carbonyl (C=O) groups excluding carboxylic acids is 3. The third kappa shape index (κ3) is 11.1. The molecule has 0 heterocycles. The SMILES string of the molecule is CC(C)CC(NC(=O)C(N)CCCCN)C(=O)NC(CO)C(=O)NC(C(=O)O)C(C)O. The van der Waals surface area contributed by atoms with Crippen molar-refractivity contribution in [3.8, 4) is 0 Å². The van der Waals surface area contributed by atoms with Gasteiger partial charge in [-0.3, -0.25) is 14.4 Å². The predicted octanol–water partition coefficient (Wildman–Crippen LogP) is -2.60. The molecular weight excluding hydrogens is 410 g/mol. The van der Waals surface area contributed by atoms with Crippen LogP contribution in [0.2, 0.25) is 0 Å². The molecule has 0 aliphatic heterocycles. The molecule has 0 bridgehead atoms. The highest BCUT2D eigenvalue weighted by atomic mass is 16.4. The maximum absolute atomic E-state index is 12.7. The standard InChI is InChI=1S/C19H37N5O7/c1-10(2)8-13(22-16(27)12(21)6-4-5-7-20)17(28)23-14(9-25)18(29)24-15(11(3)26)19(30)31/h10-15,25-26H,4-9,20-21H2,1-3H3,(H,22,27)(H,23,28)(H,24,29)(H,30,31). The maximum Gasteiger partial charge on any atom is 0.328 e. The highest BCUT2D eigenvalue weighted by molar-refractivity contribution is 5.94. The van der Waals surface area contributed by atoms with Crippen LogP contribution in [0, 0.1) is 5.92 Å². The molecule has 12 heteroatoms. The largest absolute Gasteiger partial charge is 0.480 e. The molecule has 12 nitrogen and oxygen atoms in total. The molecular formula is C19H37N5O7. The van der Waals surface area contributed by atoms with Gasteiger partial charge in [0.1, 0.15) is 12.1 Å². The van der Waals surface area contributed by atoms with Gasteiger partial charge >= 0.3 is 5.97 Å². The highest BCUT2D eigenvalue weighted by Gasteiger charge is 2.31. The van der Waals surface area contributed by atoms with Crippen molar-refractivity contribution in [2.45, 2.75) is 76.7 Å². The van der Waals surface area contributed by atoms with Crippen molar-refractivity contribution >= 4 is 23.7 Å². The Morgan fingerprint density at radius 2 is 1.45 bits per heavy atom. The lowest BCUT2D eigenvalue weighted by Crippen LogP contribution is -2.59. The Hall–Kier alpha value is -2.28. The quantitative estimate of drug-likeness (QED) is 0.123. The molecule has 5 atom stereocenters. The minimum absolute atomic E-state index is 0.0116. The molecule has 0 aromatic heterocycles. The number of carbonyl (C=O) groups is 4. The number of amides is 3. The first-order chi connectivity index (χ1) is 14.4. The van der Waals surface area contributed by atoms with Crippen LogP contribution in [-0.2, 0) is 19.2 Å². The number of hydrogen-bond acceptors (Lipinski definition) is 8. The Balaban J connectivity index is 5.15. The first kappa shape index (κ1) is 28.7. The fourth-order valence-electron chi connectivity index (χ4n) is 2.73. The van der Waals surface area contributed by atoms with Crippen molar-refractivity contribution < 1.29 is 34.5 Å². The van der Waals surface area contributed by atoms with Gasteiger partial charge in [-0.15, -0.1) is 0 Å². The number of aliphatic carboxylic acids is 1. The van der Waals surface area contributed by atoms with E-state index in [1.807, 2.05) is 13.8 Å². The molecule has 0 aromatic carbocycles. The van der Waals surface area contributed by atoms with Gasteiger partial charge in [0, 0.05) is 0 Å². The van der Waals surface area contributed by atoms with Crippen molar-refractivity contribution in [1.82, 2.24) is 16.0 Å². The van der Waals surface area contributed by atoms with E-state index in [4.69, 9.17) is 16.6 Å². The Morgan fingerprint density at radius 3 is 1.90 bits per heavy atom. The number of aliphatic hydroxyl groups is 2. The van der Waals surface area contributed by atoms with Crippen LogP contribution in [0.15, 0.2) is 0 Å². The highest BCUT2D eigenvalue weighted by Crippen LogP contribution is 2.07. The summed E-state index contributed by atoms with van der Waals surface area (Å²) in [5, 5.41) is 34.9. The molecule has 0 fully saturated rings. The molecule has 10 N–H and O–H groups in total. The summed E-state index contributed by atoms with van der Waals surface area (Å²) in [5.41, 5.74) is 11.3. The van der Waals surface area contributed by atoms with Gasteiger partial charge in [0.2, 0.25) is 17.7 Å². The zero-order valence-corrected chi connectivity index (χ0v) is 18.3. The Labute approximate surface area is 182 Å². The van der Waals surface area contributed by atoms with Gasteiger partial charge in [0.05, 0.1) is 18.8 Å². The van der Waals surface area contributed by atoms with E-state index in [2.05, 4.69) is 16.0 Å². The molecule has 0 saturated heterocycles. The van der Waals surface area contributed by atoms with Crippen molar-refractivity contribution in [2.75, 3.05) is 13.2 Å². The number of nitrogens with two attached hydrogens (primary N) is 2. The first-order valence-corrected chi connectivity index (χ1v) is 10.3. The van der Waals surface area contributed by atoms with Gasteiger partial charge in [-0.25, -0.2) is 4.79 Å². The number of rotatable bonds is 15. The van der Waals surface area contributed by atoms with E-state index >= 15 is 0 Å². The van der Waals surface area contributed by atoms with E-state index in [0.717, 1.165) is 0 Å². The van der Waals surface area contributed by atoms with Gasteiger partial charge in [-0.1, -0.05) is 20.3 Å². The monoisotopic (exact) mass is 447 g/mol. The molecule has 3 amide bonds. The van der Waals surface area contributed by atoms with Crippen molar-refractivity contribution in [2.24, 2.45) is 17.4 Å². The number of nitrogens with one attached hydrogen (secondary N) is 3. The van der Waals surface area contributed by atoms with Crippen LogP contribution in [0.3, 0.4) is 0 Å². The third-order valence-corrected chi connectivity index (χ3v) is 4.51. The van der Waals surface area contributed by atoms with Gasteiger partial charge in [0.25, 0.3) is 0 Å². The van der Waals surface area contributed by atoms with Crippen LogP contribution in [0.5, 0.6) is 0 Å². The van der Waals surface area contributed by atoms with Gasteiger partial charge in [-0.2, -0.15) is 0 Å².